The van der Waals surface area contributed by atoms with Gasteiger partial charge in [-0.3, -0.25) is 4.79 Å². The van der Waals surface area contributed by atoms with Crippen LogP contribution in [0, 0.1) is 0 Å². The third-order valence-corrected chi connectivity index (χ3v) is 0.224. The van der Waals surface area contributed by atoms with Crippen LogP contribution in [0.15, 0.2) is 0 Å². The Kier molecular flexibility index (Phi) is 63.6. The van der Waals surface area contributed by atoms with E-state index in [1.54, 1.807) is 0 Å². The highest BCUT2D eigenvalue weighted by Crippen LogP contribution is 1.61. The molecule has 0 amide bonds. The number of hydrogen-bond donors (Lipinski definition) is 2. The summed E-state index contributed by atoms with van der Waals surface area (Å²) >= 11 is 0. The van der Waals surface area contributed by atoms with Gasteiger partial charge in [-0.25, -0.2) is 0 Å². The summed E-state index contributed by atoms with van der Waals surface area (Å²) in [5.74, 6) is 0. The smallest absolute Gasteiger partial charge is 0.290 e. The zero-order valence-corrected chi connectivity index (χ0v) is 4.79. The third-order valence-electron chi connectivity index (χ3n) is 0.224. The van der Waals surface area contributed by atoms with Gasteiger partial charge in [0, 0.05) is 6.61 Å². The normalized spacial score (nSPS) is 5.25. The molecule has 0 radical (unpaired) electrons. The summed E-state index contributed by atoms with van der Waals surface area (Å²) < 4.78 is 0. The molecule has 4 heteroatoms. The van der Waals surface area contributed by atoms with Crippen LogP contribution < -0.4 is 0 Å². The first-order chi connectivity index (χ1) is 3.33. The first-order valence-corrected chi connectivity index (χ1v) is 2.02. The van der Waals surface area contributed by atoms with Crippen molar-refractivity contribution in [2.45, 2.75) is 13.3 Å². The average Bonchev–Trinajstić information content (AvgIpc) is 1.69. The van der Waals surface area contributed by atoms with Crippen LogP contribution in [0.2, 0.25) is 0 Å². The maximum Gasteiger partial charge on any atom is 0.290 e. The quantitative estimate of drug-likeness (QED) is 0.451. The molecular formula is C4H12O4. The van der Waals surface area contributed by atoms with Crippen molar-refractivity contribution >= 4 is 6.47 Å². The highest BCUT2D eigenvalue weighted by Gasteiger charge is 1.57. The largest absolute Gasteiger partial charge is 0.483 e. The second-order valence-electron chi connectivity index (χ2n) is 0.829. The molecule has 0 spiro atoms. The highest BCUT2D eigenvalue weighted by atomic mass is 16.3. The molecule has 0 saturated carbocycles. The van der Waals surface area contributed by atoms with Gasteiger partial charge in [0.25, 0.3) is 6.47 Å². The molecule has 0 aliphatic rings. The molecule has 4 nitrogen and oxygen atoms in total. The van der Waals surface area contributed by atoms with E-state index in [0.717, 1.165) is 6.42 Å². The highest BCUT2D eigenvalue weighted by molar-refractivity contribution is 5.32. The number of carboxylic acid groups (broad SMARTS) is 1. The first-order valence-electron chi connectivity index (χ1n) is 2.02. The van der Waals surface area contributed by atoms with Gasteiger partial charge in [-0.15, -0.1) is 0 Å². The molecule has 4 N–H and O–H groups in total. The Bertz CT molecular complexity index is 27.2. The molecule has 0 saturated heterocycles. The van der Waals surface area contributed by atoms with Crippen LogP contribution in [0.25, 0.3) is 0 Å². The summed E-state index contributed by atoms with van der Waals surface area (Å²) in [6.07, 6.45) is 0.875. The van der Waals surface area contributed by atoms with Crippen molar-refractivity contribution in [1.29, 1.82) is 0 Å². The van der Waals surface area contributed by atoms with Gasteiger partial charge in [0.1, 0.15) is 0 Å². The van der Waals surface area contributed by atoms with Crippen LogP contribution in [0.3, 0.4) is 0 Å². The molecule has 52 valence electrons. The SMILES string of the molecule is CCCO.O.O=CO. The first kappa shape index (κ1) is 15.7. The van der Waals surface area contributed by atoms with Crippen LogP contribution in [-0.2, 0) is 4.79 Å². The van der Waals surface area contributed by atoms with Gasteiger partial charge in [0.15, 0.2) is 0 Å². The lowest BCUT2D eigenvalue weighted by atomic mass is 10.5. The number of aliphatic hydroxyl groups excluding tert-OH is 1. The molecule has 0 aromatic rings. The zero-order chi connectivity index (χ0) is 6.12. The van der Waals surface area contributed by atoms with Gasteiger partial charge in [-0.2, -0.15) is 0 Å². The molecule has 0 aromatic heterocycles. The van der Waals surface area contributed by atoms with E-state index in [0.29, 0.717) is 6.61 Å². The number of aliphatic hydroxyl groups is 1. The van der Waals surface area contributed by atoms with Crippen molar-refractivity contribution in [2.24, 2.45) is 0 Å². The standard InChI is InChI=1S/C3H8O.CH2O2.H2O/c1-2-3-4;2-1-3;/h4H,2-3H2,1H3;1H,(H,2,3);1H2. The molecule has 0 heterocycles. The van der Waals surface area contributed by atoms with E-state index in [9.17, 15) is 0 Å². The lowest BCUT2D eigenvalue weighted by molar-refractivity contribution is -0.122. The lowest BCUT2D eigenvalue weighted by Gasteiger charge is -1.69. The Morgan fingerprint density at radius 3 is 1.75 bits per heavy atom. The van der Waals surface area contributed by atoms with E-state index in [4.69, 9.17) is 15.0 Å². The van der Waals surface area contributed by atoms with E-state index in [1.165, 1.54) is 0 Å². The Balaban J connectivity index is -0.0000000575. The van der Waals surface area contributed by atoms with Crippen molar-refractivity contribution in [3.63, 3.8) is 0 Å². The molecule has 0 unspecified atom stereocenters. The Hall–Kier alpha value is -0.610. The predicted octanol–water partition coefficient (Wildman–Crippen LogP) is -0.735. The monoisotopic (exact) mass is 124 g/mol. The van der Waals surface area contributed by atoms with E-state index in [1.807, 2.05) is 6.92 Å². The molecule has 0 fully saturated rings. The maximum absolute atomic E-state index is 8.36. The average molecular weight is 124 g/mol. The van der Waals surface area contributed by atoms with Crippen LogP contribution in [-0.4, -0.2) is 28.8 Å². The third kappa shape index (κ3) is 683. The van der Waals surface area contributed by atoms with Crippen molar-refractivity contribution < 1.29 is 20.5 Å². The summed E-state index contributed by atoms with van der Waals surface area (Å²) in [5, 5.41) is 14.8. The van der Waals surface area contributed by atoms with E-state index >= 15 is 0 Å². The minimum atomic E-state index is -0.250. The van der Waals surface area contributed by atoms with Crippen LogP contribution in [0.1, 0.15) is 13.3 Å². The topological polar surface area (TPSA) is 89.0 Å². The Morgan fingerprint density at radius 2 is 1.75 bits per heavy atom. The minimum absolute atomic E-state index is 0. The van der Waals surface area contributed by atoms with Gasteiger partial charge in [0.2, 0.25) is 0 Å². The summed E-state index contributed by atoms with van der Waals surface area (Å²) in [6.45, 7) is 2.00. The fourth-order valence-electron chi connectivity index (χ4n) is 0. The van der Waals surface area contributed by atoms with Crippen molar-refractivity contribution in [3.8, 4) is 0 Å². The Morgan fingerprint density at radius 1 is 1.62 bits per heavy atom. The summed E-state index contributed by atoms with van der Waals surface area (Å²) in [4.78, 5) is 8.36. The molecule has 8 heavy (non-hydrogen) atoms. The molecule has 0 atom stereocenters. The van der Waals surface area contributed by atoms with Gasteiger partial charge >= 0.3 is 0 Å². The number of carbonyl (C=O) groups is 1. The number of rotatable bonds is 1. The van der Waals surface area contributed by atoms with Crippen LogP contribution in [0.4, 0.5) is 0 Å². The predicted molar refractivity (Wildman–Crippen MR) is 29.7 cm³/mol. The summed E-state index contributed by atoms with van der Waals surface area (Å²) in [6, 6.07) is 0. The van der Waals surface area contributed by atoms with Crippen LogP contribution >= 0.6 is 0 Å². The summed E-state index contributed by atoms with van der Waals surface area (Å²) in [5.41, 5.74) is 0. The molecule has 0 aliphatic carbocycles. The number of hydrogen-bond acceptors (Lipinski definition) is 2. The van der Waals surface area contributed by atoms with Crippen molar-refractivity contribution in [1.82, 2.24) is 0 Å². The maximum atomic E-state index is 8.36. The van der Waals surface area contributed by atoms with Gasteiger partial charge in [-0.1, -0.05) is 6.92 Å². The molecule has 0 aromatic carbocycles. The second-order valence-corrected chi connectivity index (χ2v) is 0.829. The Labute approximate surface area is 48.1 Å². The zero-order valence-electron chi connectivity index (χ0n) is 4.79. The van der Waals surface area contributed by atoms with Gasteiger partial charge in [-0.05, 0) is 6.42 Å². The van der Waals surface area contributed by atoms with E-state index < -0.39 is 0 Å². The fraction of sp³-hybridized carbons (Fsp3) is 0.750. The molecular weight excluding hydrogens is 112 g/mol. The second kappa shape index (κ2) is 32.5. The summed E-state index contributed by atoms with van der Waals surface area (Å²) in [7, 11) is 0. The molecule has 0 bridgehead atoms. The minimum Gasteiger partial charge on any atom is -0.483 e. The van der Waals surface area contributed by atoms with Crippen molar-refractivity contribution in [3.05, 3.63) is 0 Å². The molecule has 0 rings (SSSR count). The van der Waals surface area contributed by atoms with Crippen LogP contribution in [0.5, 0.6) is 0 Å². The van der Waals surface area contributed by atoms with E-state index in [2.05, 4.69) is 0 Å². The fourth-order valence-corrected chi connectivity index (χ4v) is 0. The lowest BCUT2D eigenvalue weighted by Crippen LogP contribution is -1.69. The van der Waals surface area contributed by atoms with Gasteiger partial charge < -0.3 is 15.7 Å². The van der Waals surface area contributed by atoms with Crippen molar-refractivity contribution in [2.75, 3.05) is 6.61 Å². The van der Waals surface area contributed by atoms with E-state index in [-0.39, 0.29) is 11.9 Å². The molecule has 0 aliphatic heterocycles. The van der Waals surface area contributed by atoms with Gasteiger partial charge in [0.05, 0.1) is 0 Å².